The van der Waals surface area contributed by atoms with Crippen LogP contribution in [0.4, 0.5) is 0 Å². The Bertz CT molecular complexity index is 868. The van der Waals surface area contributed by atoms with Crippen molar-refractivity contribution in [3.63, 3.8) is 0 Å². The maximum atomic E-state index is 12.7. The van der Waals surface area contributed by atoms with Crippen LogP contribution >= 0.6 is 0 Å². The Morgan fingerprint density at radius 3 is 2.15 bits per heavy atom. The molecule has 1 amide bonds. The number of benzene rings is 2. The second kappa shape index (κ2) is 6.92. The first-order chi connectivity index (χ1) is 12.8. The van der Waals surface area contributed by atoms with E-state index in [1.54, 1.807) is 12.4 Å². The summed E-state index contributed by atoms with van der Waals surface area (Å²) in [6, 6.07) is 26.0. The highest BCUT2D eigenvalue weighted by Gasteiger charge is 2.60. The smallest absolute Gasteiger partial charge is 0.244 e. The Morgan fingerprint density at radius 2 is 1.58 bits per heavy atom. The van der Waals surface area contributed by atoms with Gasteiger partial charge in [-0.15, -0.1) is 0 Å². The van der Waals surface area contributed by atoms with E-state index < -0.39 is 0 Å². The van der Waals surface area contributed by atoms with Gasteiger partial charge < -0.3 is 0 Å². The molecular weight excluding hydrogens is 322 g/mol. The number of pyridine rings is 1. The van der Waals surface area contributed by atoms with Gasteiger partial charge in [-0.25, -0.2) is 5.43 Å². The van der Waals surface area contributed by atoms with E-state index in [9.17, 15) is 4.79 Å². The molecule has 1 aliphatic carbocycles. The standard InChI is InChI=1S/C22H19N3O/c26-21(25-24-16-19-13-7-8-14-23-19)20-15-22(20,17-9-3-1-4-10-17)18-11-5-2-6-12-18/h1-14,16,20H,15H2,(H,25,26). The van der Waals surface area contributed by atoms with Gasteiger partial charge >= 0.3 is 0 Å². The normalized spacial score (nSPS) is 17.8. The molecule has 0 bridgehead atoms. The maximum absolute atomic E-state index is 12.7. The second-order valence-corrected chi connectivity index (χ2v) is 6.45. The van der Waals surface area contributed by atoms with Crippen LogP contribution in [0.5, 0.6) is 0 Å². The van der Waals surface area contributed by atoms with E-state index in [0.717, 1.165) is 6.42 Å². The molecule has 0 spiro atoms. The van der Waals surface area contributed by atoms with Gasteiger partial charge in [0.05, 0.1) is 17.8 Å². The van der Waals surface area contributed by atoms with Gasteiger partial charge in [-0.2, -0.15) is 5.10 Å². The number of hydrazone groups is 1. The molecule has 3 aromatic rings. The fraction of sp³-hybridized carbons (Fsp3) is 0.136. The Morgan fingerprint density at radius 1 is 0.962 bits per heavy atom. The fourth-order valence-corrected chi connectivity index (χ4v) is 3.55. The lowest BCUT2D eigenvalue weighted by Crippen LogP contribution is -2.25. The fourth-order valence-electron chi connectivity index (χ4n) is 3.55. The van der Waals surface area contributed by atoms with Gasteiger partial charge in [0, 0.05) is 11.6 Å². The summed E-state index contributed by atoms with van der Waals surface area (Å²) < 4.78 is 0. The number of amides is 1. The second-order valence-electron chi connectivity index (χ2n) is 6.45. The molecule has 1 aliphatic rings. The zero-order chi connectivity index (χ0) is 17.8. The van der Waals surface area contributed by atoms with Gasteiger partial charge in [0.25, 0.3) is 0 Å². The van der Waals surface area contributed by atoms with Crippen molar-refractivity contribution in [1.82, 2.24) is 10.4 Å². The van der Waals surface area contributed by atoms with Gasteiger partial charge in [-0.05, 0) is 29.7 Å². The van der Waals surface area contributed by atoms with E-state index in [2.05, 4.69) is 39.8 Å². The molecular formula is C22H19N3O. The minimum Gasteiger partial charge on any atom is -0.273 e. The van der Waals surface area contributed by atoms with Crippen molar-refractivity contribution in [1.29, 1.82) is 0 Å². The number of hydrogen-bond donors (Lipinski definition) is 1. The highest BCUT2D eigenvalue weighted by molar-refractivity contribution is 5.87. The first-order valence-corrected chi connectivity index (χ1v) is 8.66. The molecule has 128 valence electrons. The van der Waals surface area contributed by atoms with Gasteiger partial charge in [-0.1, -0.05) is 66.7 Å². The number of aromatic nitrogens is 1. The van der Waals surface area contributed by atoms with Crippen LogP contribution in [0.25, 0.3) is 0 Å². The molecule has 0 saturated heterocycles. The topological polar surface area (TPSA) is 54.4 Å². The van der Waals surface area contributed by atoms with Crippen LogP contribution in [0.1, 0.15) is 23.2 Å². The van der Waals surface area contributed by atoms with Crippen molar-refractivity contribution in [2.24, 2.45) is 11.0 Å². The molecule has 1 aromatic heterocycles. The van der Waals surface area contributed by atoms with Crippen LogP contribution in [-0.2, 0) is 10.2 Å². The molecule has 4 nitrogen and oxygen atoms in total. The van der Waals surface area contributed by atoms with Crippen LogP contribution in [0, 0.1) is 5.92 Å². The average molecular weight is 341 g/mol. The molecule has 0 radical (unpaired) electrons. The van der Waals surface area contributed by atoms with E-state index in [1.165, 1.54) is 11.1 Å². The SMILES string of the molecule is O=C(NN=Cc1ccccn1)C1CC1(c1ccccc1)c1ccccc1. The summed E-state index contributed by atoms with van der Waals surface area (Å²) in [6.45, 7) is 0. The maximum Gasteiger partial charge on any atom is 0.244 e. The zero-order valence-corrected chi connectivity index (χ0v) is 14.2. The molecule has 26 heavy (non-hydrogen) atoms. The van der Waals surface area contributed by atoms with Crippen molar-refractivity contribution in [2.45, 2.75) is 11.8 Å². The number of nitrogens with one attached hydrogen (secondary N) is 1. The molecule has 1 fully saturated rings. The third-order valence-corrected chi connectivity index (χ3v) is 4.91. The largest absolute Gasteiger partial charge is 0.273 e. The molecule has 1 unspecified atom stereocenters. The van der Waals surface area contributed by atoms with E-state index in [-0.39, 0.29) is 17.2 Å². The summed E-state index contributed by atoms with van der Waals surface area (Å²) in [5.41, 5.74) is 5.45. The summed E-state index contributed by atoms with van der Waals surface area (Å²) in [5, 5.41) is 4.07. The van der Waals surface area contributed by atoms with Gasteiger partial charge in [0.2, 0.25) is 5.91 Å². The van der Waals surface area contributed by atoms with Crippen LogP contribution in [-0.4, -0.2) is 17.1 Å². The average Bonchev–Trinajstić information content (AvgIpc) is 3.47. The molecule has 1 heterocycles. The Balaban J connectivity index is 1.55. The molecule has 4 heteroatoms. The number of hydrogen-bond acceptors (Lipinski definition) is 3. The van der Waals surface area contributed by atoms with Crippen molar-refractivity contribution in [2.75, 3.05) is 0 Å². The van der Waals surface area contributed by atoms with Gasteiger partial charge in [0.15, 0.2) is 0 Å². The molecule has 1 saturated carbocycles. The minimum absolute atomic E-state index is 0.0649. The molecule has 1 atom stereocenters. The van der Waals surface area contributed by atoms with Crippen molar-refractivity contribution >= 4 is 12.1 Å². The summed E-state index contributed by atoms with van der Waals surface area (Å²) in [6.07, 6.45) is 4.04. The number of rotatable bonds is 5. The number of nitrogens with zero attached hydrogens (tertiary/aromatic N) is 2. The van der Waals surface area contributed by atoms with Crippen molar-refractivity contribution in [3.8, 4) is 0 Å². The minimum atomic E-state index is -0.271. The summed E-state index contributed by atoms with van der Waals surface area (Å²) in [7, 11) is 0. The van der Waals surface area contributed by atoms with E-state index in [1.807, 2.05) is 54.6 Å². The molecule has 0 aliphatic heterocycles. The van der Waals surface area contributed by atoms with Gasteiger partial charge in [0.1, 0.15) is 0 Å². The highest BCUT2D eigenvalue weighted by Crippen LogP contribution is 2.58. The monoisotopic (exact) mass is 341 g/mol. The van der Waals surface area contributed by atoms with E-state index in [4.69, 9.17) is 0 Å². The van der Waals surface area contributed by atoms with Crippen molar-refractivity contribution < 1.29 is 4.79 Å². The number of carbonyl (C=O) groups excluding carboxylic acids is 1. The van der Waals surface area contributed by atoms with Crippen LogP contribution < -0.4 is 5.43 Å². The first-order valence-electron chi connectivity index (χ1n) is 8.66. The lowest BCUT2D eigenvalue weighted by molar-refractivity contribution is -0.122. The summed E-state index contributed by atoms with van der Waals surface area (Å²) in [4.78, 5) is 16.9. The molecule has 4 rings (SSSR count). The Kier molecular flexibility index (Phi) is 4.32. The van der Waals surface area contributed by atoms with E-state index in [0.29, 0.717) is 5.69 Å². The van der Waals surface area contributed by atoms with Crippen molar-refractivity contribution in [3.05, 3.63) is 102 Å². The van der Waals surface area contributed by atoms with Crippen LogP contribution in [0.3, 0.4) is 0 Å². The molecule has 1 N–H and O–H groups in total. The highest BCUT2D eigenvalue weighted by atomic mass is 16.2. The Hall–Kier alpha value is -3.27. The summed E-state index contributed by atoms with van der Waals surface area (Å²) >= 11 is 0. The number of carbonyl (C=O) groups is 1. The third-order valence-electron chi connectivity index (χ3n) is 4.91. The van der Waals surface area contributed by atoms with Gasteiger partial charge in [-0.3, -0.25) is 9.78 Å². The third kappa shape index (κ3) is 3.02. The first kappa shape index (κ1) is 16.2. The molecule has 2 aromatic carbocycles. The lowest BCUT2D eigenvalue weighted by atomic mass is 9.85. The quantitative estimate of drug-likeness (QED) is 0.570. The predicted molar refractivity (Wildman–Crippen MR) is 102 cm³/mol. The lowest BCUT2D eigenvalue weighted by Gasteiger charge is -2.18. The zero-order valence-electron chi connectivity index (χ0n) is 14.2. The van der Waals surface area contributed by atoms with Crippen LogP contribution in [0.15, 0.2) is 90.2 Å². The predicted octanol–water partition coefficient (Wildman–Crippen LogP) is 3.54. The van der Waals surface area contributed by atoms with E-state index >= 15 is 0 Å². The summed E-state index contributed by atoms with van der Waals surface area (Å²) in [5.74, 6) is -0.196. The Labute approximate surface area is 152 Å². The van der Waals surface area contributed by atoms with Crippen LogP contribution in [0.2, 0.25) is 0 Å².